The van der Waals surface area contributed by atoms with Gasteiger partial charge in [-0.05, 0) is 37.1 Å². The summed E-state index contributed by atoms with van der Waals surface area (Å²) in [6.45, 7) is 5.36. The number of nitrogens with one attached hydrogen (secondary N) is 3. The smallest absolute Gasteiger partial charge is 0.409 e. The molecule has 0 aliphatic carbocycles. The molecule has 9 heteroatoms. The fourth-order valence-corrected chi connectivity index (χ4v) is 3.53. The lowest BCUT2D eigenvalue weighted by Crippen LogP contribution is -2.30. The molecule has 0 spiro atoms. The van der Waals surface area contributed by atoms with E-state index in [4.69, 9.17) is 22.1 Å². The number of aryl methyl sites for hydroxylation is 1. The SMILES string of the molecule is Cc1ccccc1NCCNc1cc(Cl)c(C(=O)NCCCN2CCOC2=O)cc1N. The van der Waals surface area contributed by atoms with Crippen LogP contribution in [0.5, 0.6) is 0 Å². The Morgan fingerprint density at radius 1 is 1.16 bits per heavy atom. The highest BCUT2D eigenvalue weighted by Crippen LogP contribution is 2.27. The normalized spacial score (nSPS) is 13.1. The number of cyclic esters (lactones) is 1. The zero-order valence-electron chi connectivity index (χ0n) is 17.5. The van der Waals surface area contributed by atoms with Crippen molar-refractivity contribution in [2.45, 2.75) is 13.3 Å². The van der Waals surface area contributed by atoms with Gasteiger partial charge in [-0.15, -0.1) is 0 Å². The Balaban J connectivity index is 1.45. The minimum atomic E-state index is -0.306. The van der Waals surface area contributed by atoms with E-state index in [1.54, 1.807) is 17.0 Å². The fraction of sp³-hybridized carbons (Fsp3) is 0.364. The molecule has 2 aromatic carbocycles. The number of carbonyl (C=O) groups is 2. The van der Waals surface area contributed by atoms with Gasteiger partial charge in [0.1, 0.15) is 6.61 Å². The molecule has 166 valence electrons. The van der Waals surface area contributed by atoms with Crippen LogP contribution in [0.15, 0.2) is 36.4 Å². The molecule has 1 heterocycles. The highest BCUT2D eigenvalue weighted by molar-refractivity contribution is 6.34. The van der Waals surface area contributed by atoms with Gasteiger partial charge in [-0.25, -0.2) is 4.79 Å². The summed E-state index contributed by atoms with van der Waals surface area (Å²) < 4.78 is 4.87. The second kappa shape index (κ2) is 10.8. The number of nitrogens with zero attached hydrogens (tertiary/aromatic N) is 1. The van der Waals surface area contributed by atoms with Crippen molar-refractivity contribution in [1.29, 1.82) is 0 Å². The summed E-state index contributed by atoms with van der Waals surface area (Å²) in [4.78, 5) is 25.5. The van der Waals surface area contributed by atoms with E-state index in [2.05, 4.69) is 28.9 Å². The number of rotatable bonds is 10. The molecule has 31 heavy (non-hydrogen) atoms. The van der Waals surface area contributed by atoms with Gasteiger partial charge in [0, 0.05) is 31.9 Å². The Morgan fingerprint density at radius 3 is 2.61 bits per heavy atom. The molecule has 8 nitrogen and oxygen atoms in total. The third-order valence-electron chi connectivity index (χ3n) is 5.02. The monoisotopic (exact) mass is 445 g/mol. The van der Waals surface area contributed by atoms with Gasteiger partial charge < -0.3 is 31.3 Å². The molecule has 0 atom stereocenters. The maximum Gasteiger partial charge on any atom is 0.409 e. The number of nitrogen functional groups attached to an aromatic ring is 1. The standard InChI is InChI=1S/C22H28ClN5O3/c1-15-5-2-3-6-19(15)25-8-9-26-20-14-17(23)16(13-18(20)24)21(29)27-7-4-10-28-11-12-31-22(28)30/h2-3,5-6,13-14,25-26H,4,7-12,24H2,1H3,(H,27,29). The number of hydrogen-bond donors (Lipinski definition) is 4. The van der Waals surface area contributed by atoms with Crippen LogP contribution >= 0.6 is 11.6 Å². The van der Waals surface area contributed by atoms with Crippen molar-refractivity contribution in [3.63, 3.8) is 0 Å². The quantitative estimate of drug-likeness (QED) is 0.330. The number of hydrogen-bond acceptors (Lipinski definition) is 6. The Hall–Kier alpha value is -3.13. The molecule has 0 aromatic heterocycles. The predicted octanol–water partition coefficient (Wildman–Crippen LogP) is 3.33. The summed E-state index contributed by atoms with van der Waals surface area (Å²) in [5.41, 5.74) is 9.84. The lowest BCUT2D eigenvalue weighted by atomic mass is 10.1. The highest BCUT2D eigenvalue weighted by atomic mass is 35.5. The first-order chi connectivity index (χ1) is 15.0. The average molecular weight is 446 g/mol. The maximum atomic E-state index is 12.5. The molecule has 0 saturated carbocycles. The molecule has 1 fully saturated rings. The summed E-state index contributed by atoms with van der Waals surface area (Å²) in [6, 6.07) is 11.3. The number of para-hydroxylation sites is 1. The molecule has 1 saturated heterocycles. The van der Waals surface area contributed by atoms with Crippen molar-refractivity contribution in [3.8, 4) is 0 Å². The van der Waals surface area contributed by atoms with Crippen molar-refractivity contribution in [2.75, 3.05) is 55.7 Å². The van der Waals surface area contributed by atoms with Crippen LogP contribution in [0, 0.1) is 6.92 Å². The molecular formula is C22H28ClN5O3. The Labute approximate surface area is 187 Å². The number of nitrogens with two attached hydrogens (primary N) is 1. The Kier molecular flexibility index (Phi) is 7.83. The van der Waals surface area contributed by atoms with E-state index in [0.29, 0.717) is 67.7 Å². The van der Waals surface area contributed by atoms with E-state index in [-0.39, 0.29) is 12.0 Å². The van der Waals surface area contributed by atoms with E-state index in [1.807, 2.05) is 18.2 Å². The van der Waals surface area contributed by atoms with E-state index in [1.165, 1.54) is 5.56 Å². The van der Waals surface area contributed by atoms with Crippen LogP contribution in [0.3, 0.4) is 0 Å². The van der Waals surface area contributed by atoms with E-state index >= 15 is 0 Å². The van der Waals surface area contributed by atoms with Gasteiger partial charge >= 0.3 is 6.09 Å². The minimum absolute atomic E-state index is 0.298. The summed E-state index contributed by atoms with van der Waals surface area (Å²) in [7, 11) is 0. The molecule has 5 N–H and O–H groups in total. The molecule has 0 radical (unpaired) electrons. The van der Waals surface area contributed by atoms with Gasteiger partial charge in [0.2, 0.25) is 0 Å². The molecule has 2 aromatic rings. The second-order valence-electron chi connectivity index (χ2n) is 7.30. The second-order valence-corrected chi connectivity index (χ2v) is 7.71. The highest BCUT2D eigenvalue weighted by Gasteiger charge is 2.21. The number of halogens is 1. The van der Waals surface area contributed by atoms with Crippen LogP contribution in [-0.2, 0) is 4.74 Å². The van der Waals surface area contributed by atoms with Crippen LogP contribution in [-0.4, -0.2) is 56.2 Å². The molecular weight excluding hydrogens is 418 g/mol. The topological polar surface area (TPSA) is 109 Å². The lowest BCUT2D eigenvalue weighted by molar-refractivity contribution is 0.0952. The van der Waals surface area contributed by atoms with Crippen LogP contribution < -0.4 is 21.7 Å². The molecule has 3 rings (SSSR count). The van der Waals surface area contributed by atoms with Crippen LogP contribution in [0.4, 0.5) is 21.9 Å². The zero-order valence-corrected chi connectivity index (χ0v) is 18.3. The number of amides is 2. The molecule has 1 aliphatic heterocycles. The molecule has 2 amide bonds. The number of anilines is 3. The van der Waals surface area contributed by atoms with Gasteiger partial charge in [0.05, 0.1) is 28.5 Å². The summed E-state index contributed by atoms with van der Waals surface area (Å²) in [6.07, 6.45) is 0.320. The van der Waals surface area contributed by atoms with Crippen LogP contribution in [0.2, 0.25) is 5.02 Å². The third-order valence-corrected chi connectivity index (χ3v) is 5.33. The van der Waals surface area contributed by atoms with Crippen molar-refractivity contribution in [2.24, 2.45) is 0 Å². The van der Waals surface area contributed by atoms with Crippen molar-refractivity contribution in [3.05, 3.63) is 52.5 Å². The third kappa shape index (κ3) is 6.18. The Bertz CT molecular complexity index is 937. The van der Waals surface area contributed by atoms with Gasteiger partial charge in [0.25, 0.3) is 5.91 Å². The van der Waals surface area contributed by atoms with Crippen LogP contribution in [0.1, 0.15) is 22.3 Å². The van der Waals surface area contributed by atoms with Gasteiger partial charge in [-0.2, -0.15) is 0 Å². The number of benzene rings is 2. The van der Waals surface area contributed by atoms with E-state index in [9.17, 15) is 9.59 Å². The van der Waals surface area contributed by atoms with E-state index in [0.717, 1.165) is 5.69 Å². The van der Waals surface area contributed by atoms with Crippen molar-refractivity contribution < 1.29 is 14.3 Å². The summed E-state index contributed by atoms with van der Waals surface area (Å²) in [5, 5.41) is 9.75. The lowest BCUT2D eigenvalue weighted by Gasteiger charge is -2.15. The first kappa shape index (κ1) is 22.6. The van der Waals surface area contributed by atoms with Crippen LogP contribution in [0.25, 0.3) is 0 Å². The molecule has 0 unspecified atom stereocenters. The Morgan fingerprint density at radius 2 is 1.90 bits per heavy atom. The summed E-state index contributed by atoms with van der Waals surface area (Å²) in [5.74, 6) is -0.298. The first-order valence-corrected chi connectivity index (χ1v) is 10.7. The van der Waals surface area contributed by atoms with Gasteiger partial charge in [-0.3, -0.25) is 4.79 Å². The average Bonchev–Trinajstić information content (AvgIpc) is 3.16. The molecule has 1 aliphatic rings. The predicted molar refractivity (Wildman–Crippen MR) is 124 cm³/mol. The van der Waals surface area contributed by atoms with E-state index < -0.39 is 0 Å². The number of carbonyl (C=O) groups excluding carboxylic acids is 2. The zero-order chi connectivity index (χ0) is 22.2. The maximum absolute atomic E-state index is 12.5. The largest absolute Gasteiger partial charge is 0.448 e. The van der Waals surface area contributed by atoms with Gasteiger partial charge in [-0.1, -0.05) is 29.8 Å². The fourth-order valence-electron chi connectivity index (χ4n) is 3.28. The first-order valence-electron chi connectivity index (χ1n) is 10.3. The number of ether oxygens (including phenoxy) is 1. The van der Waals surface area contributed by atoms with Crippen molar-refractivity contribution >= 4 is 40.7 Å². The molecule has 0 bridgehead atoms. The van der Waals surface area contributed by atoms with Gasteiger partial charge in [0.15, 0.2) is 0 Å². The minimum Gasteiger partial charge on any atom is -0.448 e. The summed E-state index contributed by atoms with van der Waals surface area (Å²) >= 11 is 6.32. The van der Waals surface area contributed by atoms with Crippen molar-refractivity contribution in [1.82, 2.24) is 10.2 Å².